The third-order valence-electron chi connectivity index (χ3n) is 4.58. The standard InChI is InChI=1S/C18H23N3O/c1-20(16-7-4-2-3-5-8-16)18(22)15-9-11-17(12-10-15)21-14-6-13-19-21/h6,9-14,16H,2-5,7-8H2,1H3. The van der Waals surface area contributed by atoms with E-state index in [4.69, 9.17) is 0 Å². The summed E-state index contributed by atoms with van der Waals surface area (Å²) in [5.74, 6) is 0.124. The van der Waals surface area contributed by atoms with Gasteiger partial charge in [0.1, 0.15) is 0 Å². The Hall–Kier alpha value is -2.10. The molecule has 4 nitrogen and oxygen atoms in total. The third kappa shape index (κ3) is 3.21. The minimum Gasteiger partial charge on any atom is -0.339 e. The molecule has 0 N–H and O–H groups in total. The highest BCUT2D eigenvalue weighted by Crippen LogP contribution is 2.22. The highest BCUT2D eigenvalue weighted by atomic mass is 16.2. The summed E-state index contributed by atoms with van der Waals surface area (Å²) in [4.78, 5) is 14.6. The first kappa shape index (κ1) is 14.8. The van der Waals surface area contributed by atoms with Crippen molar-refractivity contribution < 1.29 is 4.79 Å². The minimum absolute atomic E-state index is 0.124. The first-order valence-electron chi connectivity index (χ1n) is 8.13. The average Bonchev–Trinajstić information content (AvgIpc) is 2.96. The summed E-state index contributed by atoms with van der Waals surface area (Å²) in [5.41, 5.74) is 1.72. The summed E-state index contributed by atoms with van der Waals surface area (Å²) >= 11 is 0. The van der Waals surface area contributed by atoms with Crippen LogP contribution >= 0.6 is 0 Å². The van der Waals surface area contributed by atoms with Crippen molar-refractivity contribution in [3.8, 4) is 5.69 Å². The molecular formula is C18H23N3O. The molecule has 0 aliphatic heterocycles. The van der Waals surface area contributed by atoms with E-state index in [1.807, 2.05) is 48.5 Å². The molecule has 22 heavy (non-hydrogen) atoms. The largest absolute Gasteiger partial charge is 0.339 e. The van der Waals surface area contributed by atoms with Crippen molar-refractivity contribution >= 4 is 5.91 Å². The van der Waals surface area contributed by atoms with Crippen molar-refractivity contribution in [1.82, 2.24) is 14.7 Å². The number of hydrogen-bond donors (Lipinski definition) is 0. The van der Waals surface area contributed by atoms with Crippen LogP contribution in [-0.2, 0) is 0 Å². The van der Waals surface area contributed by atoms with Crippen LogP contribution in [0.15, 0.2) is 42.7 Å². The first-order valence-corrected chi connectivity index (χ1v) is 8.13. The topological polar surface area (TPSA) is 38.1 Å². The molecule has 1 fully saturated rings. The lowest BCUT2D eigenvalue weighted by atomic mass is 10.1. The molecule has 0 bridgehead atoms. The lowest BCUT2D eigenvalue weighted by Crippen LogP contribution is -2.36. The van der Waals surface area contributed by atoms with E-state index in [2.05, 4.69) is 5.10 Å². The summed E-state index contributed by atoms with van der Waals surface area (Å²) in [5, 5.41) is 4.20. The zero-order valence-electron chi connectivity index (χ0n) is 13.1. The number of amides is 1. The number of hydrogen-bond acceptors (Lipinski definition) is 2. The number of nitrogens with zero attached hydrogens (tertiary/aromatic N) is 3. The van der Waals surface area contributed by atoms with Gasteiger partial charge in [0, 0.05) is 31.0 Å². The molecule has 0 atom stereocenters. The lowest BCUT2D eigenvalue weighted by molar-refractivity contribution is 0.0717. The molecule has 4 heteroatoms. The molecule has 1 aromatic heterocycles. The quantitative estimate of drug-likeness (QED) is 0.811. The van der Waals surface area contributed by atoms with Gasteiger partial charge in [-0.1, -0.05) is 25.7 Å². The van der Waals surface area contributed by atoms with Crippen molar-refractivity contribution in [3.63, 3.8) is 0 Å². The van der Waals surface area contributed by atoms with Crippen LogP contribution in [0, 0.1) is 0 Å². The Kier molecular flexibility index (Phi) is 4.56. The average molecular weight is 297 g/mol. The second kappa shape index (κ2) is 6.77. The van der Waals surface area contributed by atoms with E-state index < -0.39 is 0 Å². The molecule has 0 spiro atoms. The fraction of sp³-hybridized carbons (Fsp3) is 0.444. The van der Waals surface area contributed by atoms with E-state index in [1.54, 1.807) is 10.9 Å². The van der Waals surface area contributed by atoms with Crippen molar-refractivity contribution in [2.45, 2.75) is 44.6 Å². The zero-order chi connectivity index (χ0) is 15.4. The van der Waals surface area contributed by atoms with Gasteiger partial charge in [-0.25, -0.2) is 4.68 Å². The van der Waals surface area contributed by atoms with Gasteiger partial charge in [0.25, 0.3) is 5.91 Å². The monoisotopic (exact) mass is 297 g/mol. The van der Waals surface area contributed by atoms with E-state index in [9.17, 15) is 4.79 Å². The number of benzene rings is 1. The molecule has 1 saturated carbocycles. The summed E-state index contributed by atoms with van der Waals surface area (Å²) in [6, 6.07) is 9.96. The van der Waals surface area contributed by atoms with Gasteiger partial charge in [-0.15, -0.1) is 0 Å². The molecule has 1 aromatic carbocycles. The van der Waals surface area contributed by atoms with Gasteiger partial charge in [0.05, 0.1) is 5.69 Å². The van der Waals surface area contributed by atoms with Gasteiger partial charge in [-0.05, 0) is 43.2 Å². The number of rotatable bonds is 3. The second-order valence-electron chi connectivity index (χ2n) is 6.06. The SMILES string of the molecule is CN(C(=O)c1ccc(-n2cccn2)cc1)C1CCCCCC1. The fourth-order valence-corrected chi connectivity index (χ4v) is 3.19. The molecule has 2 aromatic rings. The van der Waals surface area contributed by atoms with E-state index >= 15 is 0 Å². The van der Waals surface area contributed by atoms with Crippen molar-refractivity contribution in [1.29, 1.82) is 0 Å². The van der Waals surface area contributed by atoms with Gasteiger partial charge in [-0.3, -0.25) is 4.79 Å². The normalized spacial score (nSPS) is 16.2. The number of carbonyl (C=O) groups excluding carboxylic acids is 1. The van der Waals surface area contributed by atoms with Gasteiger partial charge < -0.3 is 4.90 Å². The van der Waals surface area contributed by atoms with Crippen LogP contribution in [0.3, 0.4) is 0 Å². The number of aromatic nitrogens is 2. The van der Waals surface area contributed by atoms with Crippen LogP contribution in [-0.4, -0.2) is 33.7 Å². The summed E-state index contributed by atoms with van der Waals surface area (Å²) < 4.78 is 1.79. The van der Waals surface area contributed by atoms with Crippen molar-refractivity contribution in [3.05, 3.63) is 48.3 Å². The predicted octanol–water partition coefficient (Wildman–Crippen LogP) is 3.67. The summed E-state index contributed by atoms with van der Waals surface area (Å²) in [6.07, 6.45) is 11.0. The maximum atomic E-state index is 12.7. The van der Waals surface area contributed by atoms with E-state index in [1.165, 1.54) is 25.7 Å². The van der Waals surface area contributed by atoms with Crippen LogP contribution in [0.2, 0.25) is 0 Å². The smallest absolute Gasteiger partial charge is 0.253 e. The Labute approximate surface area is 131 Å². The van der Waals surface area contributed by atoms with Gasteiger partial charge >= 0.3 is 0 Å². The minimum atomic E-state index is 0.124. The Bertz CT molecular complexity index is 596. The van der Waals surface area contributed by atoms with Gasteiger partial charge in [0.15, 0.2) is 0 Å². The predicted molar refractivity (Wildman–Crippen MR) is 87.1 cm³/mol. The Morgan fingerprint density at radius 1 is 1.14 bits per heavy atom. The van der Waals surface area contributed by atoms with E-state index in [0.29, 0.717) is 6.04 Å². The van der Waals surface area contributed by atoms with Gasteiger partial charge in [-0.2, -0.15) is 5.10 Å². The van der Waals surface area contributed by atoms with Crippen LogP contribution in [0.5, 0.6) is 0 Å². The molecule has 116 valence electrons. The Morgan fingerprint density at radius 2 is 1.82 bits per heavy atom. The fourth-order valence-electron chi connectivity index (χ4n) is 3.19. The molecular weight excluding hydrogens is 274 g/mol. The van der Waals surface area contributed by atoms with Crippen molar-refractivity contribution in [2.75, 3.05) is 7.05 Å². The van der Waals surface area contributed by atoms with E-state index in [0.717, 1.165) is 24.1 Å². The Balaban J connectivity index is 1.71. The van der Waals surface area contributed by atoms with Crippen LogP contribution in [0.4, 0.5) is 0 Å². The highest BCUT2D eigenvalue weighted by Gasteiger charge is 2.22. The molecule has 3 rings (SSSR count). The van der Waals surface area contributed by atoms with Crippen LogP contribution in [0.25, 0.3) is 5.69 Å². The third-order valence-corrected chi connectivity index (χ3v) is 4.58. The molecule has 1 heterocycles. The van der Waals surface area contributed by atoms with Crippen LogP contribution < -0.4 is 0 Å². The molecule has 1 amide bonds. The Morgan fingerprint density at radius 3 is 2.41 bits per heavy atom. The molecule has 0 saturated heterocycles. The molecule has 0 unspecified atom stereocenters. The lowest BCUT2D eigenvalue weighted by Gasteiger charge is -2.27. The second-order valence-corrected chi connectivity index (χ2v) is 6.06. The zero-order valence-corrected chi connectivity index (χ0v) is 13.1. The number of carbonyl (C=O) groups is 1. The molecule has 1 aliphatic carbocycles. The molecule has 1 aliphatic rings. The first-order chi connectivity index (χ1) is 10.8. The maximum absolute atomic E-state index is 12.7. The summed E-state index contributed by atoms with van der Waals surface area (Å²) in [6.45, 7) is 0. The van der Waals surface area contributed by atoms with E-state index in [-0.39, 0.29) is 5.91 Å². The van der Waals surface area contributed by atoms with Crippen LogP contribution in [0.1, 0.15) is 48.9 Å². The van der Waals surface area contributed by atoms with Crippen molar-refractivity contribution in [2.24, 2.45) is 0 Å². The maximum Gasteiger partial charge on any atom is 0.253 e. The summed E-state index contributed by atoms with van der Waals surface area (Å²) in [7, 11) is 1.94. The highest BCUT2D eigenvalue weighted by molar-refractivity contribution is 5.94. The molecule has 0 radical (unpaired) electrons. The van der Waals surface area contributed by atoms with Gasteiger partial charge in [0.2, 0.25) is 0 Å².